The zero-order valence-electron chi connectivity index (χ0n) is 15.2. The quantitative estimate of drug-likeness (QED) is 0.727. The predicted molar refractivity (Wildman–Crippen MR) is 104 cm³/mol. The van der Waals surface area contributed by atoms with Crippen LogP contribution in [0.3, 0.4) is 0 Å². The van der Waals surface area contributed by atoms with E-state index in [9.17, 15) is 4.79 Å². The zero-order chi connectivity index (χ0) is 17.6. The molecule has 1 aliphatic heterocycles. The van der Waals surface area contributed by atoms with Crippen molar-refractivity contribution in [3.8, 4) is 0 Å². The highest BCUT2D eigenvalue weighted by molar-refractivity contribution is 8.14. The molecule has 2 aliphatic rings. The molecular weight excluding hydrogens is 326 g/mol. The van der Waals surface area contributed by atoms with Gasteiger partial charge in [0, 0.05) is 16.5 Å². The van der Waals surface area contributed by atoms with Crippen LogP contribution in [0.5, 0.6) is 0 Å². The van der Waals surface area contributed by atoms with E-state index >= 15 is 0 Å². The summed E-state index contributed by atoms with van der Waals surface area (Å²) >= 11 is 1.35. The fourth-order valence-corrected chi connectivity index (χ4v) is 5.40. The van der Waals surface area contributed by atoms with Gasteiger partial charge in [-0.15, -0.1) is 0 Å². The lowest BCUT2D eigenvalue weighted by Crippen LogP contribution is -2.56. The van der Waals surface area contributed by atoms with Crippen LogP contribution in [0, 0.1) is 5.92 Å². The number of hydrogen-bond acceptors (Lipinski definition) is 3. The second-order valence-electron chi connectivity index (χ2n) is 7.78. The summed E-state index contributed by atoms with van der Waals surface area (Å²) < 4.78 is 0. The fourth-order valence-electron chi connectivity index (χ4n) is 4.62. The highest BCUT2D eigenvalue weighted by Gasteiger charge is 2.47. The molecule has 0 spiro atoms. The molecule has 1 aliphatic carbocycles. The van der Waals surface area contributed by atoms with Crippen LogP contribution in [0.4, 0.5) is 0 Å². The Labute approximate surface area is 154 Å². The number of carbonyl (C=O) groups excluding carboxylic acids is 1. The number of piperidine rings is 1. The number of likely N-dealkylation sites (N-methyl/N-ethyl adjacent to an activating group) is 1. The van der Waals surface area contributed by atoms with Crippen molar-refractivity contribution in [2.45, 2.75) is 43.0 Å². The first-order valence-corrected chi connectivity index (χ1v) is 9.91. The maximum atomic E-state index is 12.5. The minimum Gasteiger partial charge on any atom is -0.303 e. The largest absolute Gasteiger partial charge is 0.303 e. The van der Waals surface area contributed by atoms with Crippen molar-refractivity contribution in [1.82, 2.24) is 4.90 Å². The molecule has 2 nitrogen and oxygen atoms in total. The van der Waals surface area contributed by atoms with Gasteiger partial charge in [-0.1, -0.05) is 50.2 Å². The van der Waals surface area contributed by atoms with Crippen LogP contribution in [0.1, 0.15) is 41.8 Å². The van der Waals surface area contributed by atoms with Gasteiger partial charge >= 0.3 is 0 Å². The summed E-state index contributed by atoms with van der Waals surface area (Å²) in [4.78, 5) is 16.1. The lowest BCUT2D eigenvalue weighted by atomic mass is 9.59. The average molecular weight is 352 g/mol. The first kappa shape index (κ1) is 16.9. The molecule has 4 rings (SSSR count). The summed E-state index contributed by atoms with van der Waals surface area (Å²) in [5.41, 5.74) is 3.92. The van der Waals surface area contributed by atoms with Crippen LogP contribution in [-0.2, 0) is 11.8 Å². The van der Waals surface area contributed by atoms with E-state index in [4.69, 9.17) is 0 Å². The second-order valence-corrected chi connectivity index (χ2v) is 8.83. The first-order chi connectivity index (χ1) is 12.0. The molecule has 25 heavy (non-hydrogen) atoms. The third-order valence-corrected chi connectivity index (χ3v) is 7.39. The SMILES string of the molecule is C[C@@H]1[C@@H]2Cc3ccc(SC(=O)c4ccccc4)cc3[C@]1(C)CCN2C. The monoisotopic (exact) mass is 351 g/mol. The molecule has 0 radical (unpaired) electrons. The van der Waals surface area contributed by atoms with E-state index in [1.807, 2.05) is 30.3 Å². The molecular formula is C22H25NOS. The number of nitrogens with zero attached hydrogens (tertiary/aromatic N) is 1. The molecule has 0 amide bonds. The van der Waals surface area contributed by atoms with Crippen molar-refractivity contribution in [3.05, 3.63) is 65.2 Å². The number of fused-ring (bicyclic) bond motifs is 4. The van der Waals surface area contributed by atoms with Crippen molar-refractivity contribution < 1.29 is 4.79 Å². The topological polar surface area (TPSA) is 20.3 Å². The Morgan fingerprint density at radius 3 is 2.72 bits per heavy atom. The zero-order valence-corrected chi connectivity index (χ0v) is 16.0. The number of likely N-dealkylation sites (tertiary alicyclic amines) is 1. The Morgan fingerprint density at radius 1 is 1.20 bits per heavy atom. The number of thioether (sulfide) groups is 1. The highest BCUT2D eigenvalue weighted by atomic mass is 32.2. The second kappa shape index (κ2) is 6.30. The van der Waals surface area contributed by atoms with Crippen LogP contribution in [0.2, 0.25) is 0 Å². The molecule has 130 valence electrons. The van der Waals surface area contributed by atoms with Crippen molar-refractivity contribution in [3.63, 3.8) is 0 Å². The summed E-state index contributed by atoms with van der Waals surface area (Å²) in [6.07, 6.45) is 2.31. The molecule has 2 aromatic rings. The van der Waals surface area contributed by atoms with Gasteiger partial charge in [-0.3, -0.25) is 4.79 Å². The lowest BCUT2D eigenvalue weighted by molar-refractivity contribution is 0.0506. The van der Waals surface area contributed by atoms with E-state index in [1.54, 1.807) is 0 Å². The van der Waals surface area contributed by atoms with Gasteiger partial charge in [-0.25, -0.2) is 0 Å². The molecule has 1 saturated heterocycles. The molecule has 1 heterocycles. The van der Waals surface area contributed by atoms with Gasteiger partial charge < -0.3 is 4.90 Å². The number of rotatable bonds is 2. The van der Waals surface area contributed by atoms with E-state index in [1.165, 1.54) is 29.3 Å². The van der Waals surface area contributed by atoms with Crippen LogP contribution >= 0.6 is 11.8 Å². The molecule has 0 saturated carbocycles. The molecule has 0 unspecified atom stereocenters. The number of carbonyl (C=O) groups is 1. The summed E-state index contributed by atoms with van der Waals surface area (Å²) in [7, 11) is 2.26. The molecule has 2 aromatic carbocycles. The minimum atomic E-state index is 0.121. The molecule has 1 fully saturated rings. The van der Waals surface area contributed by atoms with Gasteiger partial charge in [-0.05, 0) is 72.8 Å². The molecule has 3 heteroatoms. The number of benzene rings is 2. The van der Waals surface area contributed by atoms with Gasteiger partial charge in [-0.2, -0.15) is 0 Å². The summed E-state index contributed by atoms with van der Waals surface area (Å²) in [5, 5.41) is 0.121. The smallest absolute Gasteiger partial charge is 0.224 e. The molecule has 0 N–H and O–H groups in total. The molecule has 3 atom stereocenters. The summed E-state index contributed by atoms with van der Waals surface area (Å²) in [6, 6.07) is 16.9. The third-order valence-electron chi connectivity index (χ3n) is 6.48. The lowest BCUT2D eigenvalue weighted by Gasteiger charge is -2.53. The van der Waals surface area contributed by atoms with Crippen molar-refractivity contribution >= 4 is 16.9 Å². The standard InChI is InChI=1S/C22H25NOS/c1-15-20-13-17-9-10-18(25-21(24)16-7-5-4-6-8-16)14-19(17)22(15,2)11-12-23(20)3/h4-10,14-15,20H,11-13H2,1-3H3/t15-,20+,22-/m1/s1. The van der Waals surface area contributed by atoms with Crippen LogP contribution in [0.15, 0.2) is 53.4 Å². The van der Waals surface area contributed by atoms with Gasteiger partial charge in [0.1, 0.15) is 0 Å². The van der Waals surface area contributed by atoms with Crippen molar-refractivity contribution in [2.75, 3.05) is 13.6 Å². The maximum absolute atomic E-state index is 12.5. The van der Waals surface area contributed by atoms with Crippen LogP contribution in [0.25, 0.3) is 0 Å². The Kier molecular flexibility index (Phi) is 4.25. The molecule has 2 bridgehead atoms. The third kappa shape index (κ3) is 2.84. The Bertz CT molecular complexity index is 803. The van der Waals surface area contributed by atoms with Gasteiger partial charge in [0.15, 0.2) is 0 Å². The van der Waals surface area contributed by atoms with E-state index < -0.39 is 0 Å². The van der Waals surface area contributed by atoms with Gasteiger partial charge in [0.05, 0.1) is 0 Å². The van der Waals surface area contributed by atoms with Crippen molar-refractivity contribution in [1.29, 1.82) is 0 Å². The fraction of sp³-hybridized carbons (Fsp3) is 0.409. The van der Waals surface area contributed by atoms with E-state index in [0.29, 0.717) is 12.0 Å². The van der Waals surface area contributed by atoms with E-state index in [-0.39, 0.29) is 10.5 Å². The van der Waals surface area contributed by atoms with Crippen LogP contribution in [-0.4, -0.2) is 29.6 Å². The van der Waals surface area contributed by atoms with E-state index in [2.05, 4.69) is 44.0 Å². The van der Waals surface area contributed by atoms with Gasteiger partial charge in [0.25, 0.3) is 0 Å². The highest BCUT2D eigenvalue weighted by Crippen LogP contribution is 2.49. The Morgan fingerprint density at radius 2 is 1.96 bits per heavy atom. The Balaban J connectivity index is 1.65. The van der Waals surface area contributed by atoms with Crippen LogP contribution < -0.4 is 0 Å². The molecule has 0 aromatic heterocycles. The normalized spacial score (nSPS) is 28.4. The predicted octanol–water partition coefficient (Wildman–Crippen LogP) is 4.77. The maximum Gasteiger partial charge on any atom is 0.224 e. The summed E-state index contributed by atoms with van der Waals surface area (Å²) in [5.74, 6) is 0.642. The minimum absolute atomic E-state index is 0.121. The summed E-state index contributed by atoms with van der Waals surface area (Å²) in [6.45, 7) is 5.98. The van der Waals surface area contributed by atoms with Gasteiger partial charge in [0.2, 0.25) is 5.12 Å². The first-order valence-electron chi connectivity index (χ1n) is 9.10. The Hall–Kier alpha value is -1.58. The average Bonchev–Trinajstić information content (AvgIpc) is 2.63. The van der Waals surface area contributed by atoms with E-state index in [0.717, 1.165) is 23.4 Å². The van der Waals surface area contributed by atoms with Crippen molar-refractivity contribution in [2.24, 2.45) is 5.92 Å². The number of hydrogen-bond donors (Lipinski definition) is 0.